The number of rotatable bonds is 7. The van der Waals surface area contributed by atoms with Gasteiger partial charge in [0.2, 0.25) is 5.91 Å². The van der Waals surface area contributed by atoms with E-state index in [9.17, 15) is 9.59 Å². The van der Waals surface area contributed by atoms with E-state index >= 15 is 0 Å². The number of carboxylic acids is 1. The maximum Gasteiger partial charge on any atom is 0.323 e. The number of hydrogen-bond donors (Lipinski definition) is 2. The van der Waals surface area contributed by atoms with Crippen molar-refractivity contribution in [2.24, 2.45) is 11.7 Å². The Bertz CT molecular complexity index is 243. The van der Waals surface area contributed by atoms with Gasteiger partial charge in [0, 0.05) is 12.5 Å². The Balaban J connectivity index is 4.49. The van der Waals surface area contributed by atoms with Crippen molar-refractivity contribution >= 4 is 11.9 Å². The predicted octanol–water partition coefficient (Wildman–Crippen LogP) is 0.683. The summed E-state index contributed by atoms with van der Waals surface area (Å²) < 4.78 is 0. The number of carbonyl (C=O) groups excluding carboxylic acids is 1. The van der Waals surface area contributed by atoms with Gasteiger partial charge in [-0.05, 0) is 25.8 Å². The van der Waals surface area contributed by atoms with E-state index in [1.165, 1.54) is 4.90 Å². The molecule has 2 atom stereocenters. The molecule has 0 saturated heterocycles. The first-order valence-corrected chi connectivity index (χ1v) is 5.63. The van der Waals surface area contributed by atoms with Gasteiger partial charge < -0.3 is 15.7 Å². The van der Waals surface area contributed by atoms with E-state index in [0.29, 0.717) is 13.0 Å². The van der Waals surface area contributed by atoms with Crippen LogP contribution in [0.5, 0.6) is 0 Å². The van der Waals surface area contributed by atoms with Gasteiger partial charge in [0.05, 0.1) is 0 Å². The molecule has 0 bridgehead atoms. The maximum atomic E-state index is 11.9. The Hall–Kier alpha value is -1.10. The van der Waals surface area contributed by atoms with E-state index in [1.807, 2.05) is 20.8 Å². The zero-order chi connectivity index (χ0) is 12.7. The van der Waals surface area contributed by atoms with Crippen molar-refractivity contribution in [1.29, 1.82) is 0 Å². The molecule has 5 nitrogen and oxygen atoms in total. The van der Waals surface area contributed by atoms with Gasteiger partial charge in [0.15, 0.2) is 0 Å². The van der Waals surface area contributed by atoms with E-state index in [0.717, 1.165) is 6.42 Å². The van der Waals surface area contributed by atoms with Crippen LogP contribution in [0.4, 0.5) is 0 Å². The van der Waals surface area contributed by atoms with E-state index in [-0.39, 0.29) is 24.4 Å². The molecule has 0 aliphatic heterocycles. The lowest BCUT2D eigenvalue weighted by Crippen LogP contribution is -2.42. The second kappa shape index (κ2) is 7.22. The van der Waals surface area contributed by atoms with Gasteiger partial charge in [0.25, 0.3) is 0 Å². The van der Waals surface area contributed by atoms with Crippen molar-refractivity contribution in [3.8, 4) is 0 Å². The van der Waals surface area contributed by atoms with Gasteiger partial charge >= 0.3 is 5.97 Å². The Morgan fingerprint density at radius 2 is 1.94 bits per heavy atom. The van der Waals surface area contributed by atoms with Crippen molar-refractivity contribution in [3.05, 3.63) is 0 Å². The number of nitrogens with zero attached hydrogens (tertiary/aromatic N) is 1. The average Bonchev–Trinajstić information content (AvgIpc) is 2.24. The SMILES string of the molecule is CCC(C)N(CC(=O)O)C(=O)CC(C)CN. The number of hydrogen-bond acceptors (Lipinski definition) is 3. The fraction of sp³-hybridized carbons (Fsp3) is 0.818. The molecule has 0 saturated carbocycles. The molecule has 3 N–H and O–H groups in total. The zero-order valence-electron chi connectivity index (χ0n) is 10.3. The molecule has 0 spiro atoms. The fourth-order valence-corrected chi connectivity index (χ4v) is 1.35. The van der Waals surface area contributed by atoms with Crippen LogP contribution in [-0.4, -0.2) is 41.0 Å². The number of aliphatic carboxylic acids is 1. The van der Waals surface area contributed by atoms with Crippen LogP contribution in [0.15, 0.2) is 0 Å². The van der Waals surface area contributed by atoms with Crippen molar-refractivity contribution < 1.29 is 14.7 Å². The molecule has 0 aliphatic carbocycles. The second-order valence-corrected chi connectivity index (χ2v) is 4.22. The summed E-state index contributed by atoms with van der Waals surface area (Å²) in [6.45, 7) is 5.87. The van der Waals surface area contributed by atoms with Crippen molar-refractivity contribution in [1.82, 2.24) is 4.90 Å². The molecule has 1 amide bonds. The van der Waals surface area contributed by atoms with E-state index in [4.69, 9.17) is 10.8 Å². The van der Waals surface area contributed by atoms with Gasteiger partial charge in [-0.2, -0.15) is 0 Å². The predicted molar refractivity (Wildman–Crippen MR) is 61.9 cm³/mol. The molecular formula is C11H22N2O3. The summed E-state index contributed by atoms with van der Waals surface area (Å²) in [7, 11) is 0. The third kappa shape index (κ3) is 5.11. The summed E-state index contributed by atoms with van der Waals surface area (Å²) in [5.74, 6) is -1.02. The van der Waals surface area contributed by atoms with Gasteiger partial charge in [-0.1, -0.05) is 13.8 Å². The minimum absolute atomic E-state index is 0.0476. The Labute approximate surface area is 96.6 Å². The molecule has 16 heavy (non-hydrogen) atoms. The first-order valence-electron chi connectivity index (χ1n) is 5.63. The zero-order valence-corrected chi connectivity index (χ0v) is 10.3. The lowest BCUT2D eigenvalue weighted by atomic mass is 10.1. The number of nitrogens with two attached hydrogens (primary N) is 1. The summed E-state index contributed by atoms with van der Waals surface area (Å²) in [4.78, 5) is 23.9. The highest BCUT2D eigenvalue weighted by Crippen LogP contribution is 2.09. The highest BCUT2D eigenvalue weighted by Gasteiger charge is 2.22. The lowest BCUT2D eigenvalue weighted by Gasteiger charge is -2.27. The fourth-order valence-electron chi connectivity index (χ4n) is 1.35. The number of amides is 1. The van der Waals surface area contributed by atoms with Gasteiger partial charge in [-0.25, -0.2) is 0 Å². The van der Waals surface area contributed by atoms with Crippen molar-refractivity contribution in [3.63, 3.8) is 0 Å². The molecule has 0 radical (unpaired) electrons. The number of carboxylic acid groups (broad SMARTS) is 1. The van der Waals surface area contributed by atoms with Crippen molar-refractivity contribution in [2.75, 3.05) is 13.1 Å². The van der Waals surface area contributed by atoms with Gasteiger partial charge in [-0.3, -0.25) is 9.59 Å². The summed E-state index contributed by atoms with van der Waals surface area (Å²) in [5, 5.41) is 8.75. The first-order chi connectivity index (χ1) is 7.42. The molecule has 0 aliphatic rings. The highest BCUT2D eigenvalue weighted by molar-refractivity contribution is 5.81. The van der Waals surface area contributed by atoms with E-state index < -0.39 is 5.97 Å². The summed E-state index contributed by atoms with van der Waals surface area (Å²) >= 11 is 0. The molecule has 0 aromatic rings. The molecule has 94 valence electrons. The summed E-state index contributed by atoms with van der Waals surface area (Å²) in [6, 6.07) is -0.0476. The average molecular weight is 230 g/mol. The van der Waals surface area contributed by atoms with Crippen LogP contribution in [-0.2, 0) is 9.59 Å². The summed E-state index contributed by atoms with van der Waals surface area (Å²) in [5.41, 5.74) is 5.44. The van der Waals surface area contributed by atoms with E-state index in [2.05, 4.69) is 0 Å². The van der Waals surface area contributed by atoms with Gasteiger partial charge in [0.1, 0.15) is 6.54 Å². The third-order valence-corrected chi connectivity index (χ3v) is 2.67. The topological polar surface area (TPSA) is 83.6 Å². The molecule has 0 aromatic heterocycles. The Morgan fingerprint density at radius 1 is 1.38 bits per heavy atom. The largest absolute Gasteiger partial charge is 0.480 e. The standard InChI is InChI=1S/C11H22N2O3/c1-4-9(3)13(7-11(15)16)10(14)5-8(2)6-12/h8-9H,4-7,12H2,1-3H3,(H,15,16). The molecule has 0 heterocycles. The van der Waals surface area contributed by atoms with Crippen molar-refractivity contribution in [2.45, 2.75) is 39.7 Å². The Morgan fingerprint density at radius 3 is 2.31 bits per heavy atom. The van der Waals surface area contributed by atoms with E-state index in [1.54, 1.807) is 0 Å². The summed E-state index contributed by atoms with van der Waals surface area (Å²) in [6.07, 6.45) is 1.06. The van der Waals surface area contributed by atoms with Gasteiger partial charge in [-0.15, -0.1) is 0 Å². The maximum absolute atomic E-state index is 11.9. The molecular weight excluding hydrogens is 208 g/mol. The quantitative estimate of drug-likeness (QED) is 0.673. The van der Waals surface area contributed by atoms with Crippen LogP contribution in [0.25, 0.3) is 0 Å². The first kappa shape index (κ1) is 14.9. The second-order valence-electron chi connectivity index (χ2n) is 4.22. The van der Waals surface area contributed by atoms with Crippen LogP contribution in [0, 0.1) is 5.92 Å². The van der Waals surface area contributed by atoms with Crippen LogP contribution in [0.1, 0.15) is 33.6 Å². The molecule has 0 aromatic carbocycles. The number of carbonyl (C=O) groups is 2. The highest BCUT2D eigenvalue weighted by atomic mass is 16.4. The molecule has 0 fully saturated rings. The normalized spacial score (nSPS) is 14.2. The third-order valence-electron chi connectivity index (χ3n) is 2.67. The van der Waals surface area contributed by atoms with Crippen LogP contribution in [0.3, 0.4) is 0 Å². The minimum atomic E-state index is -0.978. The van der Waals surface area contributed by atoms with Crippen LogP contribution >= 0.6 is 0 Å². The lowest BCUT2D eigenvalue weighted by molar-refractivity contribution is -0.146. The molecule has 2 unspecified atom stereocenters. The monoisotopic (exact) mass is 230 g/mol. The van der Waals surface area contributed by atoms with Crippen LogP contribution in [0.2, 0.25) is 0 Å². The molecule has 0 rings (SSSR count). The smallest absolute Gasteiger partial charge is 0.323 e. The Kier molecular flexibility index (Phi) is 6.72. The minimum Gasteiger partial charge on any atom is -0.480 e. The van der Waals surface area contributed by atoms with Crippen LogP contribution < -0.4 is 5.73 Å². The molecule has 5 heteroatoms.